The van der Waals surface area contributed by atoms with Gasteiger partial charge in [-0.05, 0) is 64.7 Å². The van der Waals surface area contributed by atoms with Crippen molar-refractivity contribution in [1.82, 2.24) is 19.5 Å². The molecule has 0 saturated carbocycles. The summed E-state index contributed by atoms with van der Waals surface area (Å²) < 4.78 is 8.75. The van der Waals surface area contributed by atoms with E-state index < -0.39 is 5.41 Å². The summed E-state index contributed by atoms with van der Waals surface area (Å²) in [4.78, 5) is 18.8. The van der Waals surface area contributed by atoms with E-state index >= 15 is 0 Å². The van der Waals surface area contributed by atoms with Crippen molar-refractivity contribution in [3.8, 4) is 68.5 Å². The molecule has 61 heavy (non-hydrogen) atoms. The predicted molar refractivity (Wildman–Crippen MR) is 239 cm³/mol. The van der Waals surface area contributed by atoms with Crippen LogP contribution in [0.25, 0.3) is 77.6 Å². The van der Waals surface area contributed by atoms with Crippen LogP contribution in [0.4, 0.5) is 5.69 Å². The summed E-state index contributed by atoms with van der Waals surface area (Å²) in [5.74, 6) is 2.91. The maximum absolute atomic E-state index is 11.0. The number of nitrogens with zero attached hydrogens (tertiary/aromatic N) is 6. The van der Waals surface area contributed by atoms with Gasteiger partial charge in [-0.3, -0.25) is 0 Å². The summed E-state index contributed by atoms with van der Waals surface area (Å²) in [5.41, 5.74) is 11.3. The van der Waals surface area contributed by atoms with Crippen LogP contribution in [-0.2, 0) is 5.41 Å². The van der Waals surface area contributed by atoms with E-state index in [-0.39, 0.29) is 0 Å². The molecule has 8 aromatic carbocycles. The second-order valence-corrected chi connectivity index (χ2v) is 15.3. The van der Waals surface area contributed by atoms with Gasteiger partial charge in [0.15, 0.2) is 23.2 Å². The Labute approximate surface area is 350 Å². The number of hydrogen-bond donors (Lipinski definition) is 0. The fourth-order valence-electron chi connectivity index (χ4n) is 9.63. The lowest BCUT2D eigenvalue weighted by Crippen LogP contribution is -2.32. The SMILES string of the molecule is [C-]#[N+]c1cc(-n2c3ccccc3c3cc4c(cc32)C2(c3ccccc3Oc3ccccc32)c2ccccc2-4)c(C#N)cc1-c1nc(-c2ccccc2)nc(-c2ccccc2)n1. The minimum atomic E-state index is -0.679. The lowest BCUT2D eigenvalue weighted by molar-refractivity contribution is 0.436. The third-order valence-electron chi connectivity index (χ3n) is 12.2. The van der Waals surface area contributed by atoms with E-state index in [1.54, 1.807) is 6.07 Å². The topological polar surface area (TPSA) is 81.0 Å². The van der Waals surface area contributed by atoms with Gasteiger partial charge in [-0.15, -0.1) is 0 Å². The molecule has 3 heterocycles. The summed E-state index contributed by atoms with van der Waals surface area (Å²) in [7, 11) is 0. The second kappa shape index (κ2) is 13.2. The summed E-state index contributed by atoms with van der Waals surface area (Å²) in [6.07, 6.45) is 0. The molecule has 2 aromatic heterocycles. The van der Waals surface area contributed by atoms with Gasteiger partial charge >= 0.3 is 0 Å². The lowest BCUT2D eigenvalue weighted by Gasteiger charge is -2.39. The van der Waals surface area contributed by atoms with Crippen molar-refractivity contribution in [1.29, 1.82) is 5.26 Å². The van der Waals surface area contributed by atoms with Crippen LogP contribution < -0.4 is 4.74 Å². The number of fused-ring (bicyclic) bond motifs is 12. The van der Waals surface area contributed by atoms with Gasteiger partial charge in [-0.2, -0.15) is 5.26 Å². The summed E-state index contributed by atoms with van der Waals surface area (Å²) in [6, 6.07) is 63.8. The van der Waals surface area contributed by atoms with Gasteiger partial charge < -0.3 is 9.30 Å². The van der Waals surface area contributed by atoms with Crippen molar-refractivity contribution in [3.63, 3.8) is 0 Å². The molecule has 0 N–H and O–H groups in total. The van der Waals surface area contributed by atoms with Crippen LogP contribution in [0.1, 0.15) is 27.8 Å². The Balaban J connectivity index is 1.14. The molecule has 10 aromatic rings. The first kappa shape index (κ1) is 34.4. The monoisotopic (exact) mass is 778 g/mol. The van der Waals surface area contributed by atoms with Crippen molar-refractivity contribution in [2.24, 2.45) is 0 Å². The Kier molecular flexibility index (Phi) is 7.44. The zero-order valence-corrected chi connectivity index (χ0v) is 32.4. The number of hydrogen-bond acceptors (Lipinski definition) is 5. The molecular formula is C54H30N6O. The molecule has 282 valence electrons. The van der Waals surface area contributed by atoms with Gasteiger partial charge in [0, 0.05) is 38.6 Å². The smallest absolute Gasteiger partial charge is 0.200 e. The second-order valence-electron chi connectivity index (χ2n) is 15.3. The molecule has 1 aliphatic heterocycles. The fraction of sp³-hybridized carbons (Fsp3) is 0.0185. The molecular weight excluding hydrogens is 749 g/mol. The largest absolute Gasteiger partial charge is 0.457 e. The van der Waals surface area contributed by atoms with E-state index in [4.69, 9.17) is 26.3 Å². The van der Waals surface area contributed by atoms with Crippen LogP contribution in [-0.4, -0.2) is 19.5 Å². The van der Waals surface area contributed by atoms with Crippen LogP contribution in [0.5, 0.6) is 11.5 Å². The van der Waals surface area contributed by atoms with E-state index in [1.165, 1.54) is 11.1 Å². The molecule has 2 aliphatic rings. The van der Waals surface area contributed by atoms with Crippen LogP contribution in [0.3, 0.4) is 0 Å². The van der Waals surface area contributed by atoms with Gasteiger partial charge in [0.05, 0.1) is 34.3 Å². The van der Waals surface area contributed by atoms with Crippen molar-refractivity contribution in [3.05, 3.63) is 221 Å². The van der Waals surface area contributed by atoms with Gasteiger partial charge in [-0.25, -0.2) is 19.8 Å². The first-order valence-corrected chi connectivity index (χ1v) is 20.0. The summed E-state index contributed by atoms with van der Waals surface area (Å²) in [6.45, 7) is 8.54. The molecule has 0 amide bonds. The highest BCUT2D eigenvalue weighted by atomic mass is 16.5. The molecule has 0 saturated heterocycles. The molecule has 0 unspecified atom stereocenters. The highest BCUT2D eigenvalue weighted by Gasteiger charge is 2.51. The average Bonchev–Trinajstić information content (AvgIpc) is 3.80. The normalized spacial score (nSPS) is 12.8. The Morgan fingerprint density at radius 3 is 1.74 bits per heavy atom. The van der Waals surface area contributed by atoms with Crippen LogP contribution in [0.15, 0.2) is 182 Å². The first-order chi connectivity index (χ1) is 30.1. The van der Waals surface area contributed by atoms with Gasteiger partial charge in [0.25, 0.3) is 0 Å². The van der Waals surface area contributed by atoms with E-state index in [0.29, 0.717) is 40.0 Å². The van der Waals surface area contributed by atoms with E-state index in [9.17, 15) is 5.26 Å². The Morgan fingerprint density at radius 1 is 0.508 bits per heavy atom. The van der Waals surface area contributed by atoms with E-state index in [0.717, 1.165) is 66.7 Å². The molecule has 1 spiro atoms. The van der Waals surface area contributed by atoms with E-state index in [1.807, 2.05) is 103 Å². The number of benzene rings is 8. The van der Waals surface area contributed by atoms with Crippen molar-refractivity contribution in [2.75, 3.05) is 0 Å². The molecule has 7 heteroatoms. The maximum atomic E-state index is 11.0. The van der Waals surface area contributed by atoms with Crippen molar-refractivity contribution in [2.45, 2.75) is 5.41 Å². The number of ether oxygens (including phenoxy) is 1. The predicted octanol–water partition coefficient (Wildman–Crippen LogP) is 12.9. The Bertz CT molecular complexity index is 3440. The third-order valence-corrected chi connectivity index (χ3v) is 12.2. The molecule has 0 radical (unpaired) electrons. The third kappa shape index (κ3) is 4.93. The van der Waals surface area contributed by atoms with Crippen molar-refractivity contribution >= 4 is 27.5 Å². The highest BCUT2D eigenvalue weighted by molar-refractivity contribution is 6.12. The number of nitriles is 1. The number of para-hydroxylation sites is 3. The minimum Gasteiger partial charge on any atom is -0.457 e. The first-order valence-electron chi connectivity index (χ1n) is 20.0. The quantitative estimate of drug-likeness (QED) is 0.166. The van der Waals surface area contributed by atoms with E-state index in [2.05, 4.69) is 88.3 Å². The summed E-state index contributed by atoms with van der Waals surface area (Å²) in [5, 5.41) is 13.1. The summed E-state index contributed by atoms with van der Waals surface area (Å²) >= 11 is 0. The molecule has 12 rings (SSSR count). The Hall–Kier alpha value is -8.65. The maximum Gasteiger partial charge on any atom is 0.200 e. The molecule has 0 fully saturated rings. The zero-order valence-electron chi connectivity index (χ0n) is 32.4. The van der Waals surface area contributed by atoms with Crippen LogP contribution >= 0.6 is 0 Å². The van der Waals surface area contributed by atoms with Crippen molar-refractivity contribution < 1.29 is 4.74 Å². The molecule has 0 atom stereocenters. The average molecular weight is 779 g/mol. The number of aromatic nitrogens is 4. The molecule has 1 aliphatic carbocycles. The highest BCUT2D eigenvalue weighted by Crippen LogP contribution is 2.62. The molecule has 0 bridgehead atoms. The molecule has 7 nitrogen and oxygen atoms in total. The standard InChI is InChI=1S/C54H30N6O/c1-56-45-31-47(35(32-55)28-40(45)53-58-51(33-16-4-2-5-17-33)57-52(59-53)34-18-6-3-7-19-34)60-46-25-13-9-21-37(46)39-29-38-36-20-8-10-22-41(36)54(44(38)30-48(39)60)42-23-11-14-26-49(42)61-50-27-15-12-24-43(50)54/h2-31H. The number of rotatable bonds is 4. The van der Waals surface area contributed by atoms with Crippen LogP contribution in [0.2, 0.25) is 0 Å². The minimum absolute atomic E-state index is 0.318. The van der Waals surface area contributed by atoms with Crippen LogP contribution in [0, 0.1) is 17.9 Å². The Morgan fingerprint density at radius 2 is 1.08 bits per heavy atom. The van der Waals surface area contributed by atoms with Gasteiger partial charge in [-0.1, -0.05) is 140 Å². The fourth-order valence-corrected chi connectivity index (χ4v) is 9.63. The van der Waals surface area contributed by atoms with Gasteiger partial charge in [0.2, 0.25) is 0 Å². The zero-order chi connectivity index (χ0) is 40.7. The lowest BCUT2D eigenvalue weighted by atomic mass is 9.66. The van der Waals surface area contributed by atoms with Gasteiger partial charge in [0.1, 0.15) is 17.6 Å².